The highest BCUT2D eigenvalue weighted by atomic mass is 19.1. The summed E-state index contributed by atoms with van der Waals surface area (Å²) in [5.41, 5.74) is 3.27. The first-order valence-corrected chi connectivity index (χ1v) is 10.1. The standard InChI is InChI=1S/C24H23FN4O/c1-2-5-19-16-27-23(20-7-4-11-26-15-20)28-22(19)17-9-12-29(13-10-17)24(30)18-6-3-8-21(25)14-18/h2-8,11,14-17H,9-10,12-13H2,1H3/b5-2+. The number of rotatable bonds is 4. The van der Waals surface area contributed by atoms with Crippen LogP contribution in [0.15, 0.2) is 61.1 Å². The maximum absolute atomic E-state index is 13.5. The lowest BCUT2D eigenvalue weighted by Crippen LogP contribution is -2.38. The van der Waals surface area contributed by atoms with Gasteiger partial charge in [0.15, 0.2) is 5.82 Å². The minimum absolute atomic E-state index is 0.125. The van der Waals surface area contributed by atoms with Gasteiger partial charge in [-0.25, -0.2) is 14.4 Å². The van der Waals surface area contributed by atoms with Crippen molar-refractivity contribution in [2.75, 3.05) is 13.1 Å². The van der Waals surface area contributed by atoms with Gasteiger partial charge in [-0.1, -0.05) is 18.2 Å². The van der Waals surface area contributed by atoms with Crippen LogP contribution in [0.1, 0.15) is 47.3 Å². The van der Waals surface area contributed by atoms with Crippen molar-refractivity contribution < 1.29 is 9.18 Å². The highest BCUT2D eigenvalue weighted by Gasteiger charge is 2.27. The van der Waals surface area contributed by atoms with Gasteiger partial charge in [0.25, 0.3) is 5.91 Å². The quantitative estimate of drug-likeness (QED) is 0.633. The number of carbonyl (C=O) groups is 1. The molecule has 0 bridgehead atoms. The van der Waals surface area contributed by atoms with E-state index in [9.17, 15) is 9.18 Å². The van der Waals surface area contributed by atoms with Crippen LogP contribution in [0.5, 0.6) is 0 Å². The van der Waals surface area contributed by atoms with Crippen LogP contribution >= 0.6 is 0 Å². The maximum Gasteiger partial charge on any atom is 0.253 e. The van der Waals surface area contributed by atoms with Crippen LogP contribution < -0.4 is 0 Å². The molecular weight excluding hydrogens is 379 g/mol. The van der Waals surface area contributed by atoms with Crippen molar-refractivity contribution in [1.29, 1.82) is 0 Å². The van der Waals surface area contributed by atoms with Gasteiger partial charge in [0.1, 0.15) is 5.82 Å². The van der Waals surface area contributed by atoms with E-state index in [1.54, 1.807) is 29.4 Å². The Kier molecular flexibility index (Phi) is 5.93. The molecule has 30 heavy (non-hydrogen) atoms. The first-order chi connectivity index (χ1) is 14.7. The van der Waals surface area contributed by atoms with E-state index < -0.39 is 5.82 Å². The van der Waals surface area contributed by atoms with E-state index in [4.69, 9.17) is 4.98 Å². The van der Waals surface area contributed by atoms with Crippen LogP contribution in [-0.4, -0.2) is 38.8 Å². The largest absolute Gasteiger partial charge is 0.339 e. The maximum atomic E-state index is 13.5. The van der Waals surface area contributed by atoms with Crippen molar-refractivity contribution in [1.82, 2.24) is 19.9 Å². The molecule has 0 saturated carbocycles. The third-order valence-electron chi connectivity index (χ3n) is 5.35. The Labute approximate surface area is 175 Å². The molecule has 0 spiro atoms. The van der Waals surface area contributed by atoms with E-state index >= 15 is 0 Å². The highest BCUT2D eigenvalue weighted by molar-refractivity contribution is 5.94. The van der Waals surface area contributed by atoms with Crippen LogP contribution in [0.25, 0.3) is 17.5 Å². The SMILES string of the molecule is C/C=C/c1cnc(-c2cccnc2)nc1C1CCN(C(=O)c2cccc(F)c2)CC1. The van der Waals surface area contributed by atoms with Crippen LogP contribution in [-0.2, 0) is 0 Å². The summed E-state index contributed by atoms with van der Waals surface area (Å²) in [4.78, 5) is 28.1. The summed E-state index contributed by atoms with van der Waals surface area (Å²) in [6.45, 7) is 3.20. The van der Waals surface area contributed by atoms with E-state index in [-0.39, 0.29) is 11.8 Å². The molecule has 1 aliphatic heterocycles. The van der Waals surface area contributed by atoms with Gasteiger partial charge in [0.05, 0.1) is 5.69 Å². The molecule has 152 valence electrons. The predicted molar refractivity (Wildman–Crippen MR) is 114 cm³/mol. The van der Waals surface area contributed by atoms with Crippen molar-refractivity contribution in [3.05, 3.63) is 83.7 Å². The van der Waals surface area contributed by atoms with Crippen molar-refractivity contribution in [3.8, 4) is 11.4 Å². The molecule has 3 aromatic rings. The van der Waals surface area contributed by atoms with E-state index in [2.05, 4.69) is 9.97 Å². The Hall–Kier alpha value is -3.41. The molecule has 0 radical (unpaired) electrons. The summed E-state index contributed by atoms with van der Waals surface area (Å²) in [7, 11) is 0. The van der Waals surface area contributed by atoms with Gasteiger partial charge in [0.2, 0.25) is 0 Å². The first kappa shape index (κ1) is 19.9. The number of carbonyl (C=O) groups excluding carboxylic acids is 1. The number of halogens is 1. The van der Waals surface area contributed by atoms with Gasteiger partial charge in [-0.05, 0) is 50.1 Å². The Bertz CT molecular complexity index is 1060. The third-order valence-corrected chi connectivity index (χ3v) is 5.35. The average Bonchev–Trinajstić information content (AvgIpc) is 2.80. The van der Waals surface area contributed by atoms with E-state index in [0.29, 0.717) is 24.5 Å². The Morgan fingerprint density at radius 2 is 2.00 bits per heavy atom. The van der Waals surface area contributed by atoms with Crippen molar-refractivity contribution in [2.45, 2.75) is 25.7 Å². The lowest BCUT2D eigenvalue weighted by molar-refractivity contribution is 0.0711. The molecule has 1 amide bonds. The van der Waals surface area contributed by atoms with Crippen molar-refractivity contribution in [2.24, 2.45) is 0 Å². The summed E-state index contributed by atoms with van der Waals surface area (Å²) in [5.74, 6) is 0.367. The number of allylic oxidation sites excluding steroid dienone is 1. The molecular formula is C24H23FN4O. The van der Waals surface area contributed by atoms with Gasteiger partial charge in [-0.3, -0.25) is 9.78 Å². The minimum atomic E-state index is -0.393. The lowest BCUT2D eigenvalue weighted by Gasteiger charge is -2.32. The summed E-state index contributed by atoms with van der Waals surface area (Å²) in [6, 6.07) is 9.69. The molecule has 5 nitrogen and oxygen atoms in total. The van der Waals surface area contributed by atoms with Crippen LogP contribution in [0.2, 0.25) is 0 Å². The molecule has 6 heteroatoms. The van der Waals surface area contributed by atoms with E-state index in [1.807, 2.05) is 37.4 Å². The normalized spacial score (nSPS) is 14.9. The second kappa shape index (κ2) is 8.95. The molecule has 1 saturated heterocycles. The molecule has 1 aliphatic rings. The van der Waals surface area contributed by atoms with Crippen LogP contribution in [0.4, 0.5) is 4.39 Å². The number of nitrogens with zero attached hydrogens (tertiary/aromatic N) is 4. The molecule has 0 unspecified atom stereocenters. The van der Waals surface area contributed by atoms with Crippen LogP contribution in [0.3, 0.4) is 0 Å². The monoisotopic (exact) mass is 402 g/mol. The first-order valence-electron chi connectivity index (χ1n) is 10.1. The van der Waals surface area contributed by atoms with Gasteiger partial charge >= 0.3 is 0 Å². The zero-order valence-corrected chi connectivity index (χ0v) is 16.8. The fraction of sp³-hybridized carbons (Fsp3) is 0.250. The predicted octanol–water partition coefficient (Wildman–Crippen LogP) is 4.73. The Morgan fingerprint density at radius 1 is 1.17 bits per heavy atom. The van der Waals surface area contributed by atoms with Crippen molar-refractivity contribution >= 4 is 12.0 Å². The minimum Gasteiger partial charge on any atom is -0.339 e. The zero-order chi connectivity index (χ0) is 20.9. The van der Waals surface area contributed by atoms with Gasteiger partial charge < -0.3 is 4.90 Å². The number of piperidine rings is 1. The van der Waals surface area contributed by atoms with E-state index in [0.717, 1.165) is 29.7 Å². The summed E-state index contributed by atoms with van der Waals surface area (Å²) in [5, 5.41) is 0. The number of aromatic nitrogens is 3. The fourth-order valence-corrected chi connectivity index (χ4v) is 3.83. The Morgan fingerprint density at radius 3 is 2.70 bits per heavy atom. The second-order valence-electron chi connectivity index (χ2n) is 7.35. The molecule has 1 fully saturated rings. The summed E-state index contributed by atoms with van der Waals surface area (Å²) in [6.07, 6.45) is 10.9. The van der Waals surface area contributed by atoms with E-state index in [1.165, 1.54) is 12.1 Å². The topological polar surface area (TPSA) is 59.0 Å². The van der Waals surface area contributed by atoms with Gasteiger partial charge in [-0.15, -0.1) is 0 Å². The van der Waals surface area contributed by atoms with Crippen molar-refractivity contribution in [3.63, 3.8) is 0 Å². The second-order valence-corrected chi connectivity index (χ2v) is 7.35. The molecule has 0 N–H and O–H groups in total. The molecule has 1 aromatic carbocycles. The number of hydrogen-bond donors (Lipinski definition) is 0. The number of hydrogen-bond acceptors (Lipinski definition) is 4. The number of amides is 1. The molecule has 0 atom stereocenters. The number of likely N-dealkylation sites (tertiary alicyclic amines) is 1. The molecule has 0 aliphatic carbocycles. The summed E-state index contributed by atoms with van der Waals surface area (Å²) >= 11 is 0. The van der Waals surface area contributed by atoms with Gasteiger partial charge in [0, 0.05) is 54.3 Å². The molecule has 2 aromatic heterocycles. The Balaban J connectivity index is 1.54. The highest BCUT2D eigenvalue weighted by Crippen LogP contribution is 2.31. The fourth-order valence-electron chi connectivity index (χ4n) is 3.83. The number of benzene rings is 1. The smallest absolute Gasteiger partial charge is 0.253 e. The zero-order valence-electron chi connectivity index (χ0n) is 16.8. The number of pyridine rings is 1. The third kappa shape index (κ3) is 4.27. The average molecular weight is 402 g/mol. The van der Waals surface area contributed by atoms with Gasteiger partial charge in [-0.2, -0.15) is 0 Å². The summed E-state index contributed by atoms with van der Waals surface area (Å²) < 4.78 is 13.5. The lowest BCUT2D eigenvalue weighted by atomic mass is 9.90. The molecule has 4 rings (SSSR count). The van der Waals surface area contributed by atoms with Crippen LogP contribution in [0, 0.1) is 5.82 Å². The molecule has 3 heterocycles.